The van der Waals surface area contributed by atoms with Gasteiger partial charge < -0.3 is 14.8 Å². The minimum absolute atomic E-state index is 0.213. The fourth-order valence-electron chi connectivity index (χ4n) is 2.47. The summed E-state index contributed by atoms with van der Waals surface area (Å²) in [5.74, 6) is 1.39. The average Bonchev–Trinajstić information content (AvgIpc) is 3.25. The lowest BCUT2D eigenvalue weighted by atomic mass is 10.2. The number of halogens is 1. The van der Waals surface area contributed by atoms with Gasteiger partial charge in [0.05, 0.1) is 6.54 Å². The smallest absolute Gasteiger partial charge is 0.248 e. The van der Waals surface area contributed by atoms with Crippen LogP contribution in [-0.2, 0) is 6.54 Å². The van der Waals surface area contributed by atoms with Gasteiger partial charge in [0.15, 0.2) is 16.6 Å². The van der Waals surface area contributed by atoms with Crippen LogP contribution in [0.25, 0.3) is 0 Å². The molecule has 26 heavy (non-hydrogen) atoms. The van der Waals surface area contributed by atoms with Crippen LogP contribution in [0.4, 0.5) is 16.0 Å². The molecule has 4 rings (SSSR count). The monoisotopic (exact) mass is 371 g/mol. The summed E-state index contributed by atoms with van der Waals surface area (Å²) in [6, 6.07) is 12.0. The molecule has 0 saturated heterocycles. The summed E-state index contributed by atoms with van der Waals surface area (Å²) in [6.07, 6.45) is 1.51. The Kier molecular flexibility index (Phi) is 4.36. The first-order valence-electron chi connectivity index (χ1n) is 7.78. The first-order chi connectivity index (χ1) is 12.7. The van der Waals surface area contributed by atoms with Gasteiger partial charge in [-0.3, -0.25) is 5.32 Å². The van der Waals surface area contributed by atoms with E-state index < -0.39 is 0 Å². The van der Waals surface area contributed by atoms with E-state index in [0.717, 1.165) is 5.69 Å². The number of fused-ring (bicyclic) bond motifs is 1. The van der Waals surface area contributed by atoms with Crippen LogP contribution in [0, 0.1) is 5.82 Å². The molecule has 0 amide bonds. The SMILES string of the molecule is Fc1ccccc1Cn1cnc(NC(=S)Nc2ccc3c(c2)OCO3)n1. The van der Waals surface area contributed by atoms with Gasteiger partial charge in [-0.25, -0.2) is 14.1 Å². The van der Waals surface area contributed by atoms with Crippen LogP contribution in [0.1, 0.15) is 5.56 Å². The van der Waals surface area contributed by atoms with Crippen molar-refractivity contribution in [2.24, 2.45) is 0 Å². The maximum Gasteiger partial charge on any atom is 0.248 e. The second-order valence-corrected chi connectivity index (χ2v) is 5.91. The zero-order valence-corrected chi connectivity index (χ0v) is 14.3. The molecule has 0 fully saturated rings. The van der Waals surface area contributed by atoms with Gasteiger partial charge in [0, 0.05) is 17.3 Å². The van der Waals surface area contributed by atoms with Crippen molar-refractivity contribution < 1.29 is 13.9 Å². The highest BCUT2D eigenvalue weighted by Crippen LogP contribution is 2.34. The topological polar surface area (TPSA) is 73.2 Å². The van der Waals surface area contributed by atoms with E-state index in [9.17, 15) is 4.39 Å². The first kappa shape index (κ1) is 16.3. The minimum Gasteiger partial charge on any atom is -0.454 e. The molecule has 0 saturated carbocycles. The van der Waals surface area contributed by atoms with Gasteiger partial charge in [0.1, 0.15) is 12.1 Å². The summed E-state index contributed by atoms with van der Waals surface area (Å²) in [4.78, 5) is 4.13. The normalized spacial score (nSPS) is 12.0. The third-order valence-electron chi connectivity index (χ3n) is 3.68. The maximum atomic E-state index is 13.7. The van der Waals surface area contributed by atoms with E-state index in [1.54, 1.807) is 30.3 Å². The lowest BCUT2D eigenvalue weighted by Gasteiger charge is -2.08. The summed E-state index contributed by atoms with van der Waals surface area (Å²) < 4.78 is 25.8. The van der Waals surface area contributed by atoms with Crippen molar-refractivity contribution in [1.29, 1.82) is 0 Å². The van der Waals surface area contributed by atoms with E-state index in [1.807, 2.05) is 6.07 Å². The standard InChI is InChI=1S/C17H14FN5O2S/c18-13-4-2-1-3-11(13)8-23-9-19-16(22-23)21-17(26)20-12-5-6-14-15(7-12)25-10-24-14/h1-7,9H,8,10H2,(H2,20,21,22,26). The number of hydrogen-bond donors (Lipinski definition) is 2. The molecular formula is C17H14FN5O2S. The van der Waals surface area contributed by atoms with Crippen LogP contribution in [0.2, 0.25) is 0 Å². The molecule has 9 heteroatoms. The minimum atomic E-state index is -0.280. The molecule has 0 bridgehead atoms. The Morgan fingerprint density at radius 1 is 1.15 bits per heavy atom. The summed E-state index contributed by atoms with van der Waals surface area (Å²) in [6.45, 7) is 0.495. The van der Waals surface area contributed by atoms with Crippen molar-refractivity contribution in [2.75, 3.05) is 17.4 Å². The van der Waals surface area contributed by atoms with E-state index >= 15 is 0 Å². The molecule has 2 N–H and O–H groups in total. The molecule has 1 aliphatic heterocycles. The Morgan fingerprint density at radius 3 is 2.88 bits per heavy atom. The van der Waals surface area contributed by atoms with Crippen molar-refractivity contribution >= 4 is 29.0 Å². The quantitative estimate of drug-likeness (QED) is 0.683. The lowest BCUT2D eigenvalue weighted by molar-refractivity contribution is 0.174. The maximum absolute atomic E-state index is 13.7. The van der Waals surface area contributed by atoms with E-state index in [-0.39, 0.29) is 19.2 Å². The van der Waals surface area contributed by atoms with Gasteiger partial charge in [-0.2, -0.15) is 0 Å². The van der Waals surface area contributed by atoms with Gasteiger partial charge in [0.25, 0.3) is 0 Å². The second-order valence-electron chi connectivity index (χ2n) is 5.50. The number of ether oxygens (including phenoxy) is 2. The van der Waals surface area contributed by atoms with Crippen molar-refractivity contribution in [3.8, 4) is 11.5 Å². The molecule has 0 unspecified atom stereocenters. The fraction of sp³-hybridized carbons (Fsp3) is 0.118. The van der Waals surface area contributed by atoms with E-state index in [2.05, 4.69) is 20.7 Å². The molecule has 1 aromatic heterocycles. The number of rotatable bonds is 4. The highest BCUT2D eigenvalue weighted by Gasteiger charge is 2.14. The van der Waals surface area contributed by atoms with Crippen LogP contribution < -0.4 is 20.1 Å². The molecule has 2 aromatic carbocycles. The summed E-state index contributed by atoms with van der Waals surface area (Å²) >= 11 is 5.26. The van der Waals surface area contributed by atoms with Gasteiger partial charge in [-0.05, 0) is 30.4 Å². The lowest BCUT2D eigenvalue weighted by Crippen LogP contribution is -2.20. The highest BCUT2D eigenvalue weighted by molar-refractivity contribution is 7.80. The largest absolute Gasteiger partial charge is 0.454 e. The van der Waals surface area contributed by atoms with E-state index in [1.165, 1.54) is 17.1 Å². The van der Waals surface area contributed by atoms with Crippen LogP contribution in [0.5, 0.6) is 11.5 Å². The van der Waals surface area contributed by atoms with Crippen molar-refractivity contribution in [3.63, 3.8) is 0 Å². The second kappa shape index (κ2) is 6.96. The Morgan fingerprint density at radius 2 is 2.00 bits per heavy atom. The Bertz CT molecular complexity index is 962. The summed E-state index contributed by atoms with van der Waals surface area (Å²) in [5, 5.41) is 10.5. The van der Waals surface area contributed by atoms with Crippen LogP contribution >= 0.6 is 12.2 Å². The predicted octanol–water partition coefficient (Wildman–Crippen LogP) is 3.00. The molecule has 1 aliphatic rings. The summed E-state index contributed by atoms with van der Waals surface area (Å²) in [5.41, 5.74) is 1.28. The van der Waals surface area contributed by atoms with E-state index in [0.29, 0.717) is 28.1 Å². The summed E-state index contributed by atoms with van der Waals surface area (Å²) in [7, 11) is 0. The Balaban J connectivity index is 1.38. The van der Waals surface area contributed by atoms with Gasteiger partial charge in [-0.15, -0.1) is 5.10 Å². The molecule has 0 spiro atoms. The van der Waals surface area contributed by atoms with Crippen molar-refractivity contribution in [3.05, 3.63) is 60.2 Å². The zero-order chi connectivity index (χ0) is 17.9. The molecule has 132 valence electrons. The molecule has 7 nitrogen and oxygen atoms in total. The third kappa shape index (κ3) is 3.57. The van der Waals surface area contributed by atoms with Gasteiger partial charge in [0.2, 0.25) is 12.7 Å². The number of hydrogen-bond acceptors (Lipinski definition) is 5. The molecule has 0 radical (unpaired) electrons. The van der Waals surface area contributed by atoms with Crippen LogP contribution in [-0.4, -0.2) is 26.7 Å². The zero-order valence-electron chi connectivity index (χ0n) is 13.5. The number of nitrogens with zero attached hydrogens (tertiary/aromatic N) is 3. The van der Waals surface area contributed by atoms with Crippen LogP contribution in [0.3, 0.4) is 0 Å². The molecule has 2 heterocycles. The predicted molar refractivity (Wildman–Crippen MR) is 97.9 cm³/mol. The molecular weight excluding hydrogens is 357 g/mol. The Labute approximate surface area is 153 Å². The van der Waals surface area contributed by atoms with Crippen LogP contribution in [0.15, 0.2) is 48.8 Å². The van der Waals surface area contributed by atoms with Gasteiger partial charge >= 0.3 is 0 Å². The van der Waals surface area contributed by atoms with E-state index in [4.69, 9.17) is 21.7 Å². The number of aromatic nitrogens is 3. The molecule has 3 aromatic rings. The number of thiocarbonyl (C=S) groups is 1. The number of nitrogens with one attached hydrogen (secondary N) is 2. The number of anilines is 2. The Hall–Kier alpha value is -3.20. The molecule has 0 aliphatic carbocycles. The molecule has 0 atom stereocenters. The first-order valence-corrected chi connectivity index (χ1v) is 8.19. The highest BCUT2D eigenvalue weighted by atomic mass is 32.1. The van der Waals surface area contributed by atoms with Gasteiger partial charge in [-0.1, -0.05) is 18.2 Å². The van der Waals surface area contributed by atoms with Crippen molar-refractivity contribution in [2.45, 2.75) is 6.54 Å². The average molecular weight is 371 g/mol. The van der Waals surface area contributed by atoms with Crippen molar-refractivity contribution in [1.82, 2.24) is 14.8 Å². The third-order valence-corrected chi connectivity index (χ3v) is 3.89. The fourth-order valence-corrected chi connectivity index (χ4v) is 2.68. The number of benzene rings is 2.